The smallest absolute Gasteiger partial charge is 0.322 e. The third-order valence-corrected chi connectivity index (χ3v) is 4.27. The normalized spacial score (nSPS) is 13.7. The van der Waals surface area contributed by atoms with Crippen LogP contribution >= 0.6 is 11.6 Å². The van der Waals surface area contributed by atoms with E-state index in [0.29, 0.717) is 29.0 Å². The minimum absolute atomic E-state index is 0.130. The number of hydrogen-bond acceptors (Lipinski definition) is 2. The summed E-state index contributed by atoms with van der Waals surface area (Å²) >= 11 is 6.02. The van der Waals surface area contributed by atoms with Crippen molar-refractivity contribution in [1.29, 1.82) is 0 Å². The second-order valence-electron chi connectivity index (χ2n) is 5.74. The summed E-state index contributed by atoms with van der Waals surface area (Å²) in [5.74, 6) is 0.595. The average molecular weight is 334 g/mol. The second-order valence-corrected chi connectivity index (χ2v) is 6.18. The van der Waals surface area contributed by atoms with Crippen LogP contribution in [0.1, 0.15) is 18.5 Å². The van der Waals surface area contributed by atoms with E-state index in [4.69, 9.17) is 16.3 Å². The molecule has 23 heavy (non-hydrogen) atoms. The molecule has 5 nitrogen and oxygen atoms in total. The van der Waals surface area contributed by atoms with E-state index < -0.39 is 0 Å². The zero-order chi connectivity index (χ0) is 16.4. The number of carbonyl (C=O) groups excluding carboxylic acids is 1. The molecule has 1 aliphatic rings. The lowest BCUT2D eigenvalue weighted by atomic mass is 10.3. The molecule has 3 rings (SSSR count). The maximum absolute atomic E-state index is 12.7. The van der Waals surface area contributed by atoms with E-state index in [0.717, 1.165) is 18.5 Å². The number of rotatable bonds is 5. The molecular weight excluding hydrogens is 314 g/mol. The Labute approximate surface area is 140 Å². The number of nitrogens with zero attached hydrogens (tertiary/aromatic N) is 2. The number of ether oxygens (including phenoxy) is 1. The van der Waals surface area contributed by atoms with Gasteiger partial charge >= 0.3 is 6.03 Å². The van der Waals surface area contributed by atoms with Crippen LogP contribution in [0, 0.1) is 0 Å². The van der Waals surface area contributed by atoms with Crippen LogP contribution in [0.3, 0.4) is 0 Å². The number of aryl methyl sites for hydroxylation is 1. The fraction of sp³-hybridized carbons (Fsp3) is 0.353. The minimum atomic E-state index is -0.130. The molecule has 1 aromatic carbocycles. The molecule has 2 aromatic rings. The van der Waals surface area contributed by atoms with E-state index in [1.165, 1.54) is 0 Å². The fourth-order valence-corrected chi connectivity index (χ4v) is 2.73. The zero-order valence-electron chi connectivity index (χ0n) is 13.3. The first-order chi connectivity index (χ1) is 11.1. The third-order valence-electron chi connectivity index (χ3n) is 4.04. The molecule has 2 amide bonds. The number of urea groups is 1. The van der Waals surface area contributed by atoms with E-state index in [1.54, 1.807) is 25.3 Å². The monoisotopic (exact) mass is 333 g/mol. The highest BCUT2D eigenvalue weighted by Crippen LogP contribution is 2.31. The molecule has 0 unspecified atom stereocenters. The molecule has 1 N–H and O–H groups in total. The Balaban J connectivity index is 1.77. The molecule has 1 fully saturated rings. The van der Waals surface area contributed by atoms with Gasteiger partial charge in [0, 0.05) is 30.0 Å². The summed E-state index contributed by atoms with van der Waals surface area (Å²) in [7, 11) is 3.56. The van der Waals surface area contributed by atoms with Gasteiger partial charge in [-0.15, -0.1) is 0 Å². The van der Waals surface area contributed by atoms with E-state index in [9.17, 15) is 4.79 Å². The van der Waals surface area contributed by atoms with E-state index in [1.807, 2.05) is 34.8 Å². The Kier molecular flexibility index (Phi) is 4.48. The lowest BCUT2D eigenvalue weighted by Gasteiger charge is -2.24. The lowest BCUT2D eigenvalue weighted by Crippen LogP contribution is -2.36. The Morgan fingerprint density at radius 2 is 2.22 bits per heavy atom. The molecule has 0 aliphatic heterocycles. The van der Waals surface area contributed by atoms with Crippen molar-refractivity contribution in [3.05, 3.63) is 47.2 Å². The maximum Gasteiger partial charge on any atom is 0.322 e. The molecule has 0 atom stereocenters. The highest BCUT2D eigenvalue weighted by Gasteiger charge is 2.33. The Morgan fingerprint density at radius 1 is 1.43 bits per heavy atom. The predicted octanol–water partition coefficient (Wildman–Crippen LogP) is 3.88. The summed E-state index contributed by atoms with van der Waals surface area (Å²) in [6.07, 6.45) is 4.08. The predicted molar refractivity (Wildman–Crippen MR) is 91.0 cm³/mol. The van der Waals surface area contributed by atoms with Gasteiger partial charge in [0.25, 0.3) is 0 Å². The SMILES string of the molecule is COc1ccc(Cl)cc1NC(=O)N(Cc1cccn1C)C1CC1. The van der Waals surface area contributed by atoms with Crippen molar-refractivity contribution >= 4 is 23.3 Å². The number of aromatic nitrogens is 1. The molecule has 122 valence electrons. The van der Waals surface area contributed by atoms with Crippen molar-refractivity contribution in [1.82, 2.24) is 9.47 Å². The number of halogens is 1. The van der Waals surface area contributed by atoms with Crippen LogP contribution < -0.4 is 10.1 Å². The van der Waals surface area contributed by atoms with Gasteiger partial charge < -0.3 is 19.5 Å². The van der Waals surface area contributed by atoms with Crippen molar-refractivity contribution in [2.75, 3.05) is 12.4 Å². The van der Waals surface area contributed by atoms with Crippen molar-refractivity contribution in [3.8, 4) is 5.75 Å². The molecule has 1 aliphatic carbocycles. The van der Waals surface area contributed by atoms with Gasteiger partial charge in [0.1, 0.15) is 5.75 Å². The molecule has 1 heterocycles. The first-order valence-electron chi connectivity index (χ1n) is 7.60. The number of carbonyl (C=O) groups is 1. The number of methoxy groups -OCH3 is 1. The fourth-order valence-electron chi connectivity index (χ4n) is 2.55. The average Bonchev–Trinajstić information content (AvgIpc) is 3.28. The van der Waals surface area contributed by atoms with Crippen molar-refractivity contribution in [2.45, 2.75) is 25.4 Å². The quantitative estimate of drug-likeness (QED) is 0.902. The molecular formula is C17H20ClN3O2. The number of anilines is 1. The first kappa shape index (κ1) is 15.7. The van der Waals surface area contributed by atoms with Crippen LogP contribution in [0.5, 0.6) is 5.75 Å². The van der Waals surface area contributed by atoms with Gasteiger partial charge in [0.15, 0.2) is 0 Å². The Bertz CT molecular complexity index is 710. The Morgan fingerprint density at radius 3 is 2.83 bits per heavy atom. The summed E-state index contributed by atoms with van der Waals surface area (Å²) < 4.78 is 7.32. The summed E-state index contributed by atoms with van der Waals surface area (Å²) in [5.41, 5.74) is 1.69. The highest BCUT2D eigenvalue weighted by atomic mass is 35.5. The molecule has 1 saturated carbocycles. The minimum Gasteiger partial charge on any atom is -0.495 e. The standard InChI is InChI=1S/C17H20ClN3O2/c1-20-9-3-4-14(20)11-21(13-6-7-13)17(22)19-15-10-12(18)5-8-16(15)23-2/h3-5,8-10,13H,6-7,11H2,1-2H3,(H,19,22). The van der Waals surface area contributed by atoms with Gasteiger partial charge in [0.2, 0.25) is 0 Å². The second kappa shape index (κ2) is 6.54. The highest BCUT2D eigenvalue weighted by molar-refractivity contribution is 6.31. The van der Waals surface area contributed by atoms with Gasteiger partial charge in [-0.05, 0) is 43.2 Å². The summed E-state index contributed by atoms with van der Waals surface area (Å²) in [4.78, 5) is 14.6. The van der Waals surface area contributed by atoms with Crippen LogP contribution in [0.2, 0.25) is 5.02 Å². The molecule has 0 saturated heterocycles. The first-order valence-corrected chi connectivity index (χ1v) is 7.97. The van der Waals surface area contributed by atoms with E-state index in [-0.39, 0.29) is 6.03 Å². The summed E-state index contributed by atoms with van der Waals surface area (Å²) in [5, 5.41) is 3.48. The molecule has 1 aromatic heterocycles. The van der Waals surface area contributed by atoms with Crippen LogP contribution in [-0.4, -0.2) is 28.6 Å². The lowest BCUT2D eigenvalue weighted by molar-refractivity contribution is 0.204. The van der Waals surface area contributed by atoms with E-state index >= 15 is 0 Å². The van der Waals surface area contributed by atoms with Crippen LogP contribution in [-0.2, 0) is 13.6 Å². The van der Waals surface area contributed by atoms with Crippen molar-refractivity contribution in [3.63, 3.8) is 0 Å². The van der Waals surface area contributed by atoms with Crippen LogP contribution in [0.4, 0.5) is 10.5 Å². The zero-order valence-corrected chi connectivity index (χ0v) is 14.0. The topological polar surface area (TPSA) is 46.5 Å². The summed E-state index contributed by atoms with van der Waals surface area (Å²) in [6.45, 7) is 0.586. The van der Waals surface area contributed by atoms with Crippen LogP contribution in [0.25, 0.3) is 0 Å². The number of hydrogen-bond donors (Lipinski definition) is 1. The number of amides is 2. The molecule has 6 heteroatoms. The van der Waals surface area contributed by atoms with E-state index in [2.05, 4.69) is 5.32 Å². The summed E-state index contributed by atoms with van der Waals surface area (Å²) in [6, 6.07) is 9.37. The number of nitrogens with one attached hydrogen (secondary N) is 1. The van der Waals surface area contributed by atoms with Crippen molar-refractivity contribution < 1.29 is 9.53 Å². The molecule has 0 spiro atoms. The van der Waals surface area contributed by atoms with Crippen LogP contribution in [0.15, 0.2) is 36.5 Å². The molecule has 0 bridgehead atoms. The molecule has 0 radical (unpaired) electrons. The van der Waals surface area contributed by atoms with Gasteiger partial charge in [0.05, 0.1) is 19.3 Å². The van der Waals surface area contributed by atoms with Crippen molar-refractivity contribution in [2.24, 2.45) is 7.05 Å². The van der Waals surface area contributed by atoms with Gasteiger partial charge in [-0.25, -0.2) is 4.79 Å². The van der Waals surface area contributed by atoms with Gasteiger partial charge in [-0.1, -0.05) is 11.6 Å². The largest absolute Gasteiger partial charge is 0.495 e. The number of benzene rings is 1. The Hall–Kier alpha value is -2.14. The maximum atomic E-state index is 12.7. The third kappa shape index (κ3) is 3.62. The van der Waals surface area contributed by atoms with Gasteiger partial charge in [-0.2, -0.15) is 0 Å². The van der Waals surface area contributed by atoms with Gasteiger partial charge in [-0.3, -0.25) is 0 Å².